The molecular formula is C15H19N3O. The van der Waals surface area contributed by atoms with Gasteiger partial charge < -0.3 is 15.0 Å². The van der Waals surface area contributed by atoms with Crippen LogP contribution in [0.25, 0.3) is 5.69 Å². The van der Waals surface area contributed by atoms with Gasteiger partial charge in [-0.25, -0.2) is 4.98 Å². The van der Waals surface area contributed by atoms with E-state index in [1.807, 2.05) is 36.8 Å². The highest BCUT2D eigenvalue weighted by molar-refractivity contribution is 5.38. The first-order chi connectivity index (χ1) is 9.23. The van der Waals surface area contributed by atoms with Crippen LogP contribution >= 0.6 is 0 Å². The molecule has 4 nitrogen and oxygen atoms in total. The zero-order valence-corrected chi connectivity index (χ0v) is 11.1. The van der Waals surface area contributed by atoms with Crippen LogP contribution in [0.3, 0.4) is 0 Å². The van der Waals surface area contributed by atoms with Gasteiger partial charge in [-0.05, 0) is 30.7 Å². The number of rotatable bonds is 3. The molecule has 0 amide bonds. The van der Waals surface area contributed by atoms with Crippen LogP contribution in [0.2, 0.25) is 0 Å². The lowest BCUT2D eigenvalue weighted by molar-refractivity contribution is 0.282. The van der Waals surface area contributed by atoms with E-state index in [0.29, 0.717) is 0 Å². The molecule has 0 spiro atoms. The van der Waals surface area contributed by atoms with Crippen molar-refractivity contribution >= 4 is 0 Å². The summed E-state index contributed by atoms with van der Waals surface area (Å²) in [5.74, 6) is 0. The third-order valence-corrected chi connectivity index (χ3v) is 4.02. The van der Waals surface area contributed by atoms with Crippen LogP contribution in [0.5, 0.6) is 0 Å². The second-order valence-corrected chi connectivity index (χ2v) is 5.46. The van der Waals surface area contributed by atoms with Crippen LogP contribution in [0.15, 0.2) is 36.8 Å². The number of aliphatic hydroxyl groups excluding tert-OH is 1. The van der Waals surface area contributed by atoms with Crippen LogP contribution in [-0.2, 0) is 12.0 Å². The Kier molecular flexibility index (Phi) is 3.12. The Morgan fingerprint density at radius 3 is 2.79 bits per heavy atom. The highest BCUT2D eigenvalue weighted by Gasteiger charge is 2.33. The Balaban J connectivity index is 1.99. The third-order valence-electron chi connectivity index (χ3n) is 4.02. The Morgan fingerprint density at radius 1 is 1.37 bits per heavy atom. The number of hydrogen-bond acceptors (Lipinski definition) is 3. The molecule has 0 bridgehead atoms. The molecule has 100 valence electrons. The van der Waals surface area contributed by atoms with Crippen LogP contribution in [0.4, 0.5) is 0 Å². The van der Waals surface area contributed by atoms with Crippen molar-refractivity contribution in [1.29, 1.82) is 0 Å². The van der Waals surface area contributed by atoms with Crippen LogP contribution < -0.4 is 5.32 Å². The van der Waals surface area contributed by atoms with Gasteiger partial charge in [-0.2, -0.15) is 0 Å². The molecule has 2 heterocycles. The van der Waals surface area contributed by atoms with Gasteiger partial charge in [-0.15, -0.1) is 0 Å². The van der Waals surface area contributed by atoms with E-state index in [4.69, 9.17) is 5.11 Å². The Morgan fingerprint density at radius 2 is 2.16 bits per heavy atom. The minimum absolute atomic E-state index is 0.0820. The summed E-state index contributed by atoms with van der Waals surface area (Å²) in [5.41, 5.74) is 3.41. The van der Waals surface area contributed by atoms with Crippen molar-refractivity contribution < 1.29 is 5.11 Å². The summed E-state index contributed by atoms with van der Waals surface area (Å²) in [5, 5.41) is 12.5. The van der Waals surface area contributed by atoms with E-state index in [2.05, 4.69) is 21.8 Å². The molecule has 1 fully saturated rings. The molecule has 2 aromatic rings. The summed E-state index contributed by atoms with van der Waals surface area (Å²) in [7, 11) is 0. The van der Waals surface area contributed by atoms with Gasteiger partial charge in [0.1, 0.15) is 0 Å². The zero-order valence-electron chi connectivity index (χ0n) is 11.1. The van der Waals surface area contributed by atoms with E-state index in [-0.39, 0.29) is 12.0 Å². The minimum Gasteiger partial charge on any atom is -0.392 e. The van der Waals surface area contributed by atoms with Gasteiger partial charge in [0.2, 0.25) is 0 Å². The predicted octanol–water partition coefficient (Wildman–Crippen LogP) is 1.62. The van der Waals surface area contributed by atoms with Gasteiger partial charge in [0.15, 0.2) is 0 Å². The molecule has 1 saturated heterocycles. The van der Waals surface area contributed by atoms with E-state index in [1.165, 1.54) is 5.69 Å². The number of nitrogens with zero attached hydrogens (tertiary/aromatic N) is 2. The van der Waals surface area contributed by atoms with Gasteiger partial charge in [-0.1, -0.05) is 19.1 Å². The molecular weight excluding hydrogens is 238 g/mol. The average molecular weight is 257 g/mol. The number of aliphatic hydroxyl groups is 1. The molecule has 1 aliphatic rings. The lowest BCUT2D eigenvalue weighted by Gasteiger charge is -2.24. The molecule has 1 atom stereocenters. The van der Waals surface area contributed by atoms with Gasteiger partial charge >= 0.3 is 0 Å². The molecule has 1 aliphatic heterocycles. The summed E-state index contributed by atoms with van der Waals surface area (Å²) in [6.45, 7) is 4.42. The van der Waals surface area contributed by atoms with Crippen molar-refractivity contribution in [2.45, 2.75) is 25.4 Å². The Bertz CT molecular complexity index is 553. The quantitative estimate of drug-likeness (QED) is 0.878. The molecule has 2 N–H and O–H groups in total. The van der Waals surface area contributed by atoms with Crippen molar-refractivity contribution in [3.8, 4) is 5.69 Å². The predicted molar refractivity (Wildman–Crippen MR) is 74.3 cm³/mol. The van der Waals surface area contributed by atoms with E-state index >= 15 is 0 Å². The topological polar surface area (TPSA) is 50.1 Å². The van der Waals surface area contributed by atoms with Crippen molar-refractivity contribution in [2.24, 2.45) is 0 Å². The van der Waals surface area contributed by atoms with Crippen LogP contribution in [0, 0.1) is 0 Å². The van der Waals surface area contributed by atoms with E-state index in [9.17, 15) is 0 Å². The van der Waals surface area contributed by atoms with Gasteiger partial charge in [0.05, 0.1) is 12.9 Å². The number of aromatic nitrogens is 2. The monoisotopic (exact) mass is 257 g/mol. The molecule has 3 rings (SSSR count). The van der Waals surface area contributed by atoms with E-state index in [1.54, 1.807) is 0 Å². The second kappa shape index (κ2) is 4.79. The van der Waals surface area contributed by atoms with Crippen molar-refractivity contribution in [1.82, 2.24) is 14.9 Å². The number of benzene rings is 1. The van der Waals surface area contributed by atoms with Crippen molar-refractivity contribution in [3.05, 3.63) is 48.0 Å². The maximum atomic E-state index is 9.10. The molecule has 0 aliphatic carbocycles. The van der Waals surface area contributed by atoms with Gasteiger partial charge in [0, 0.05) is 29.5 Å². The largest absolute Gasteiger partial charge is 0.392 e. The first-order valence-electron chi connectivity index (χ1n) is 6.67. The van der Waals surface area contributed by atoms with Crippen LogP contribution in [-0.4, -0.2) is 27.7 Å². The zero-order chi connectivity index (χ0) is 13.3. The Hall–Kier alpha value is -1.65. The highest BCUT2D eigenvalue weighted by atomic mass is 16.3. The third kappa shape index (κ3) is 2.17. The fraction of sp³-hybridized carbons (Fsp3) is 0.400. The molecule has 0 radical (unpaired) electrons. The fourth-order valence-electron chi connectivity index (χ4n) is 2.74. The SMILES string of the molecule is CC1(c2cncn2-c2ccc(CO)cc2)CCNC1. The normalized spacial score (nSPS) is 22.8. The fourth-order valence-corrected chi connectivity index (χ4v) is 2.74. The van der Waals surface area contributed by atoms with Gasteiger partial charge in [0.25, 0.3) is 0 Å². The number of nitrogens with one attached hydrogen (secondary N) is 1. The molecule has 1 aromatic heterocycles. The van der Waals surface area contributed by atoms with E-state index < -0.39 is 0 Å². The smallest absolute Gasteiger partial charge is 0.0994 e. The standard InChI is InChI=1S/C15H19N3O/c1-15(6-7-16-10-15)14-8-17-11-18(14)13-4-2-12(9-19)3-5-13/h2-5,8,11,16,19H,6-7,9-10H2,1H3. The Labute approximate surface area is 113 Å². The summed E-state index contributed by atoms with van der Waals surface area (Å²) >= 11 is 0. The summed E-state index contributed by atoms with van der Waals surface area (Å²) in [6.07, 6.45) is 4.97. The minimum atomic E-state index is 0.0820. The summed E-state index contributed by atoms with van der Waals surface area (Å²) < 4.78 is 2.15. The maximum Gasteiger partial charge on any atom is 0.0994 e. The lowest BCUT2D eigenvalue weighted by atomic mass is 9.86. The maximum absolute atomic E-state index is 9.10. The molecule has 1 unspecified atom stereocenters. The molecule has 4 heteroatoms. The molecule has 1 aromatic carbocycles. The molecule has 0 saturated carbocycles. The van der Waals surface area contributed by atoms with Gasteiger partial charge in [-0.3, -0.25) is 0 Å². The van der Waals surface area contributed by atoms with E-state index in [0.717, 1.165) is 30.8 Å². The first kappa shape index (κ1) is 12.4. The highest BCUT2D eigenvalue weighted by Crippen LogP contribution is 2.31. The second-order valence-electron chi connectivity index (χ2n) is 5.46. The lowest BCUT2D eigenvalue weighted by Crippen LogP contribution is -2.27. The first-order valence-corrected chi connectivity index (χ1v) is 6.67. The summed E-state index contributed by atoms with van der Waals surface area (Å²) in [6, 6.07) is 7.97. The van der Waals surface area contributed by atoms with Crippen LogP contribution in [0.1, 0.15) is 24.6 Å². The number of hydrogen-bond donors (Lipinski definition) is 2. The van der Waals surface area contributed by atoms with Crippen molar-refractivity contribution in [3.63, 3.8) is 0 Å². The summed E-state index contributed by atoms with van der Waals surface area (Å²) in [4.78, 5) is 4.32. The van der Waals surface area contributed by atoms with Crippen molar-refractivity contribution in [2.75, 3.05) is 13.1 Å². The molecule has 19 heavy (non-hydrogen) atoms. The number of imidazole rings is 1. The average Bonchev–Trinajstić information content (AvgIpc) is 3.08.